The molecule has 2 aromatic rings. The van der Waals surface area contributed by atoms with Gasteiger partial charge in [0.2, 0.25) is 5.91 Å². The van der Waals surface area contributed by atoms with Gasteiger partial charge in [0.1, 0.15) is 6.04 Å². The van der Waals surface area contributed by atoms with Gasteiger partial charge in [-0.3, -0.25) is 9.59 Å². The first kappa shape index (κ1) is 17.1. The number of hydrogen-bond donors (Lipinski definition) is 2. The molecular weight excluding hydrogens is 394 g/mol. The van der Waals surface area contributed by atoms with Crippen LogP contribution in [0.3, 0.4) is 0 Å². The van der Waals surface area contributed by atoms with Crippen molar-refractivity contribution in [3.63, 3.8) is 0 Å². The highest BCUT2D eigenvalue weighted by Gasteiger charge is 2.34. The monoisotopic (exact) mass is 413 g/mol. The van der Waals surface area contributed by atoms with Crippen molar-refractivity contribution in [1.82, 2.24) is 5.32 Å². The first-order valence-electron chi connectivity index (χ1n) is 8.86. The van der Waals surface area contributed by atoms with Crippen LogP contribution in [0.5, 0.6) is 0 Å². The predicted molar refractivity (Wildman–Crippen MR) is 105 cm³/mol. The van der Waals surface area contributed by atoms with Crippen molar-refractivity contribution in [2.24, 2.45) is 0 Å². The lowest BCUT2D eigenvalue weighted by Gasteiger charge is -2.41. The van der Waals surface area contributed by atoms with Crippen molar-refractivity contribution < 1.29 is 9.59 Å². The molecular formula is C20H20BrN3O2. The molecule has 1 saturated heterocycles. The van der Waals surface area contributed by atoms with Crippen LogP contribution in [0.4, 0.5) is 11.4 Å². The number of piperidine rings is 1. The van der Waals surface area contributed by atoms with Crippen molar-refractivity contribution in [3.8, 4) is 0 Å². The predicted octanol–water partition coefficient (Wildman–Crippen LogP) is 3.69. The molecule has 4 rings (SSSR count). The fraction of sp³-hybridized carbons (Fsp3) is 0.300. The maximum atomic E-state index is 12.5. The first-order valence-corrected chi connectivity index (χ1v) is 9.65. The van der Waals surface area contributed by atoms with Crippen molar-refractivity contribution >= 4 is 39.1 Å². The van der Waals surface area contributed by atoms with E-state index in [0.717, 1.165) is 47.2 Å². The number of fused-ring (bicyclic) bond motifs is 3. The van der Waals surface area contributed by atoms with Gasteiger partial charge in [0.05, 0.1) is 11.4 Å². The number of carbonyl (C=O) groups excluding carboxylic acids is 2. The lowest BCUT2D eigenvalue weighted by atomic mass is 9.97. The van der Waals surface area contributed by atoms with E-state index in [-0.39, 0.29) is 17.9 Å². The van der Waals surface area contributed by atoms with Crippen LogP contribution in [0, 0.1) is 0 Å². The number of carbonyl (C=O) groups is 2. The number of amides is 2. The number of halogens is 1. The van der Waals surface area contributed by atoms with Crippen LogP contribution in [0.1, 0.15) is 35.2 Å². The third-order valence-corrected chi connectivity index (χ3v) is 5.47. The molecule has 0 bridgehead atoms. The van der Waals surface area contributed by atoms with Crippen LogP contribution in [0.15, 0.2) is 46.9 Å². The summed E-state index contributed by atoms with van der Waals surface area (Å²) < 4.78 is 0.983. The molecule has 134 valence electrons. The Morgan fingerprint density at radius 1 is 1.23 bits per heavy atom. The van der Waals surface area contributed by atoms with Crippen LogP contribution < -0.4 is 15.5 Å². The highest BCUT2D eigenvalue weighted by atomic mass is 79.9. The Hall–Kier alpha value is -2.34. The van der Waals surface area contributed by atoms with Gasteiger partial charge in [-0.05, 0) is 55.2 Å². The third kappa shape index (κ3) is 3.33. The molecule has 1 atom stereocenters. The van der Waals surface area contributed by atoms with Crippen molar-refractivity contribution in [2.75, 3.05) is 16.8 Å². The smallest absolute Gasteiger partial charge is 0.251 e. The maximum absolute atomic E-state index is 12.5. The van der Waals surface area contributed by atoms with Gasteiger partial charge < -0.3 is 15.5 Å². The SMILES string of the molecule is O=C(NCc1cccc(Br)c1)c1ccc2c(c1)NC(=O)[C@H]1CCCCN21. The minimum atomic E-state index is -0.150. The molecule has 26 heavy (non-hydrogen) atoms. The normalized spacial score (nSPS) is 18.6. The first-order chi connectivity index (χ1) is 12.6. The van der Waals surface area contributed by atoms with E-state index >= 15 is 0 Å². The minimum Gasteiger partial charge on any atom is -0.358 e. The molecule has 2 aliphatic rings. The van der Waals surface area contributed by atoms with Crippen molar-refractivity contribution in [3.05, 3.63) is 58.1 Å². The standard InChI is InChI=1S/C20H20BrN3O2/c21-15-5-3-4-13(10-15)12-22-19(25)14-7-8-17-16(11-14)23-20(26)18-6-1-2-9-24(17)18/h3-5,7-8,10-11,18H,1-2,6,9,12H2,(H,22,25)(H,23,26)/t18-/m1/s1. The lowest BCUT2D eigenvalue weighted by molar-refractivity contribution is -0.118. The van der Waals surface area contributed by atoms with E-state index in [1.807, 2.05) is 36.4 Å². The van der Waals surface area contributed by atoms with E-state index in [2.05, 4.69) is 31.5 Å². The quantitative estimate of drug-likeness (QED) is 0.806. The molecule has 0 spiro atoms. The van der Waals surface area contributed by atoms with Crippen LogP contribution in [-0.4, -0.2) is 24.4 Å². The molecule has 1 fully saturated rings. The molecule has 0 aromatic heterocycles. The van der Waals surface area contributed by atoms with Gasteiger partial charge in [-0.2, -0.15) is 0 Å². The summed E-state index contributed by atoms with van der Waals surface area (Å²) in [6.07, 6.45) is 3.07. The Kier molecular flexibility index (Phi) is 4.68. The largest absolute Gasteiger partial charge is 0.358 e. The van der Waals surface area contributed by atoms with Gasteiger partial charge in [0, 0.05) is 23.1 Å². The summed E-state index contributed by atoms with van der Waals surface area (Å²) >= 11 is 3.43. The second kappa shape index (κ2) is 7.11. The average Bonchev–Trinajstić information content (AvgIpc) is 2.66. The van der Waals surface area contributed by atoms with Gasteiger partial charge in [0.25, 0.3) is 5.91 Å². The highest BCUT2D eigenvalue weighted by molar-refractivity contribution is 9.10. The summed E-state index contributed by atoms with van der Waals surface area (Å²) in [6, 6.07) is 13.3. The second-order valence-electron chi connectivity index (χ2n) is 6.74. The molecule has 5 nitrogen and oxygen atoms in total. The third-order valence-electron chi connectivity index (χ3n) is 4.97. The van der Waals surface area contributed by atoms with Crippen LogP contribution in [0.2, 0.25) is 0 Å². The Morgan fingerprint density at radius 2 is 2.12 bits per heavy atom. The van der Waals surface area contributed by atoms with Crippen molar-refractivity contribution in [1.29, 1.82) is 0 Å². The van der Waals surface area contributed by atoms with Gasteiger partial charge in [-0.1, -0.05) is 28.1 Å². The molecule has 2 amide bonds. The Bertz CT molecular complexity index is 868. The summed E-state index contributed by atoms with van der Waals surface area (Å²) in [7, 11) is 0. The van der Waals surface area contributed by atoms with Gasteiger partial charge in [-0.15, -0.1) is 0 Å². The zero-order valence-electron chi connectivity index (χ0n) is 14.3. The summed E-state index contributed by atoms with van der Waals surface area (Å²) in [6.45, 7) is 1.34. The lowest BCUT2D eigenvalue weighted by Crippen LogP contribution is -2.50. The molecule has 0 radical (unpaired) electrons. The number of nitrogens with one attached hydrogen (secondary N) is 2. The fourth-order valence-corrected chi connectivity index (χ4v) is 4.11. The molecule has 0 aliphatic carbocycles. The average molecular weight is 414 g/mol. The van der Waals surface area contributed by atoms with E-state index in [1.54, 1.807) is 6.07 Å². The number of nitrogens with zero attached hydrogens (tertiary/aromatic N) is 1. The van der Waals surface area contributed by atoms with Gasteiger partial charge in [0.15, 0.2) is 0 Å². The molecule has 2 aliphatic heterocycles. The molecule has 0 unspecified atom stereocenters. The molecule has 6 heteroatoms. The molecule has 2 N–H and O–H groups in total. The Morgan fingerprint density at radius 3 is 2.96 bits per heavy atom. The van der Waals surface area contributed by atoms with Gasteiger partial charge >= 0.3 is 0 Å². The summed E-state index contributed by atoms with van der Waals surface area (Å²) in [4.78, 5) is 27.0. The zero-order valence-corrected chi connectivity index (χ0v) is 15.9. The summed E-state index contributed by atoms with van der Waals surface area (Å²) in [5, 5.41) is 5.90. The van der Waals surface area contributed by atoms with Crippen LogP contribution in [0.25, 0.3) is 0 Å². The van der Waals surface area contributed by atoms with E-state index in [1.165, 1.54) is 0 Å². The minimum absolute atomic E-state index is 0.0314. The van der Waals surface area contributed by atoms with Gasteiger partial charge in [-0.25, -0.2) is 0 Å². The summed E-state index contributed by atoms with van der Waals surface area (Å²) in [5.41, 5.74) is 3.31. The van der Waals surface area contributed by atoms with E-state index in [0.29, 0.717) is 12.1 Å². The van der Waals surface area contributed by atoms with Crippen LogP contribution >= 0.6 is 15.9 Å². The van der Waals surface area contributed by atoms with E-state index in [4.69, 9.17) is 0 Å². The molecule has 0 saturated carbocycles. The van der Waals surface area contributed by atoms with Crippen molar-refractivity contribution in [2.45, 2.75) is 31.8 Å². The maximum Gasteiger partial charge on any atom is 0.251 e. The molecule has 2 heterocycles. The Labute approximate surface area is 160 Å². The Balaban J connectivity index is 1.51. The topological polar surface area (TPSA) is 61.4 Å². The summed E-state index contributed by atoms with van der Waals surface area (Å²) in [5.74, 6) is -0.119. The number of hydrogen-bond acceptors (Lipinski definition) is 3. The zero-order chi connectivity index (χ0) is 18.1. The second-order valence-corrected chi connectivity index (χ2v) is 7.65. The number of anilines is 2. The van der Waals surface area contributed by atoms with E-state index in [9.17, 15) is 9.59 Å². The highest BCUT2D eigenvalue weighted by Crippen LogP contribution is 2.36. The number of benzene rings is 2. The molecule has 2 aromatic carbocycles. The fourth-order valence-electron chi connectivity index (χ4n) is 3.67. The van der Waals surface area contributed by atoms with E-state index < -0.39 is 0 Å². The number of rotatable bonds is 3. The van der Waals surface area contributed by atoms with Crippen LogP contribution in [-0.2, 0) is 11.3 Å².